The zero-order valence-electron chi connectivity index (χ0n) is 16.1. The van der Waals surface area contributed by atoms with Crippen LogP contribution in [0, 0.1) is 10.1 Å². The summed E-state index contributed by atoms with van der Waals surface area (Å²) in [6.45, 7) is 4.57. The molecule has 0 saturated carbocycles. The molecule has 1 heterocycles. The molecule has 30 heavy (non-hydrogen) atoms. The van der Waals surface area contributed by atoms with Crippen LogP contribution in [0.5, 0.6) is 11.5 Å². The maximum absolute atomic E-state index is 12.9. The van der Waals surface area contributed by atoms with Crippen LogP contribution >= 0.6 is 35.6 Å². The van der Waals surface area contributed by atoms with Crippen molar-refractivity contribution >= 4 is 63.3 Å². The van der Waals surface area contributed by atoms with E-state index in [1.165, 1.54) is 29.2 Å². The van der Waals surface area contributed by atoms with Crippen LogP contribution in [0.2, 0.25) is 5.02 Å². The Hall–Kier alpha value is -2.62. The van der Waals surface area contributed by atoms with Crippen LogP contribution in [-0.4, -0.2) is 28.4 Å². The van der Waals surface area contributed by atoms with Crippen LogP contribution in [0.25, 0.3) is 6.08 Å². The van der Waals surface area contributed by atoms with E-state index in [1.807, 2.05) is 13.8 Å². The molecule has 10 heteroatoms. The predicted molar refractivity (Wildman–Crippen MR) is 123 cm³/mol. The maximum Gasteiger partial charge on any atom is 0.270 e. The average molecular weight is 465 g/mol. The van der Waals surface area contributed by atoms with E-state index in [9.17, 15) is 14.9 Å². The van der Waals surface area contributed by atoms with Gasteiger partial charge in [0.05, 0.1) is 33.8 Å². The third-order valence-electron chi connectivity index (χ3n) is 4.03. The number of hydrogen-bond donors (Lipinski definition) is 0. The van der Waals surface area contributed by atoms with E-state index in [-0.39, 0.29) is 11.6 Å². The minimum Gasteiger partial charge on any atom is -0.490 e. The minimum atomic E-state index is -0.500. The Morgan fingerprint density at radius 2 is 1.87 bits per heavy atom. The minimum absolute atomic E-state index is 0.0628. The molecule has 0 aromatic heterocycles. The number of non-ortho nitro benzene ring substituents is 1. The molecule has 1 aliphatic rings. The summed E-state index contributed by atoms with van der Waals surface area (Å²) in [7, 11) is 0. The molecule has 1 amide bonds. The first kappa shape index (κ1) is 22.1. The van der Waals surface area contributed by atoms with E-state index in [1.54, 1.807) is 18.2 Å². The van der Waals surface area contributed by atoms with Crippen molar-refractivity contribution in [2.24, 2.45) is 0 Å². The lowest BCUT2D eigenvalue weighted by Gasteiger charge is -2.14. The van der Waals surface area contributed by atoms with Crippen LogP contribution in [0.1, 0.15) is 19.4 Å². The van der Waals surface area contributed by atoms with Crippen molar-refractivity contribution in [2.45, 2.75) is 13.8 Å². The fourth-order valence-electron chi connectivity index (χ4n) is 2.78. The first-order valence-corrected chi connectivity index (χ1v) is 10.6. The first-order chi connectivity index (χ1) is 14.3. The van der Waals surface area contributed by atoms with Gasteiger partial charge in [-0.05, 0) is 49.8 Å². The van der Waals surface area contributed by atoms with E-state index in [0.717, 1.165) is 11.8 Å². The van der Waals surface area contributed by atoms with Gasteiger partial charge in [0.15, 0.2) is 15.8 Å². The highest BCUT2D eigenvalue weighted by atomic mass is 35.5. The molecule has 0 bridgehead atoms. The smallest absolute Gasteiger partial charge is 0.270 e. The predicted octanol–water partition coefficient (Wildman–Crippen LogP) is 5.45. The van der Waals surface area contributed by atoms with E-state index in [0.29, 0.717) is 50.2 Å². The average Bonchev–Trinajstić information content (AvgIpc) is 2.98. The normalized spacial score (nSPS) is 15.0. The molecule has 0 atom stereocenters. The van der Waals surface area contributed by atoms with Crippen molar-refractivity contribution in [1.82, 2.24) is 0 Å². The van der Waals surface area contributed by atoms with Crippen molar-refractivity contribution in [3.8, 4) is 11.5 Å². The number of benzene rings is 2. The Labute approximate surface area is 187 Å². The number of rotatable bonds is 7. The second kappa shape index (κ2) is 9.46. The fraction of sp³-hybridized carbons (Fsp3) is 0.200. The van der Waals surface area contributed by atoms with E-state index in [2.05, 4.69) is 0 Å². The molecule has 1 aliphatic heterocycles. The van der Waals surface area contributed by atoms with Crippen LogP contribution < -0.4 is 14.4 Å². The number of carbonyl (C=O) groups is 1. The number of carbonyl (C=O) groups excluding carboxylic acids is 1. The lowest BCUT2D eigenvalue weighted by atomic mass is 10.1. The molecule has 156 valence electrons. The van der Waals surface area contributed by atoms with Crippen LogP contribution in [-0.2, 0) is 4.79 Å². The molecular formula is C20H17ClN2O5S2. The van der Waals surface area contributed by atoms with Gasteiger partial charge in [-0.25, -0.2) is 0 Å². The number of nitro benzene ring substituents is 1. The second-order valence-electron chi connectivity index (χ2n) is 5.99. The summed E-state index contributed by atoms with van der Waals surface area (Å²) in [5.74, 6) is 0.627. The van der Waals surface area contributed by atoms with Crippen molar-refractivity contribution in [3.63, 3.8) is 0 Å². The Morgan fingerprint density at radius 3 is 2.47 bits per heavy atom. The lowest BCUT2D eigenvalue weighted by Crippen LogP contribution is -2.27. The van der Waals surface area contributed by atoms with Crippen molar-refractivity contribution in [2.75, 3.05) is 18.1 Å². The van der Waals surface area contributed by atoms with E-state index >= 15 is 0 Å². The van der Waals surface area contributed by atoms with Crippen LogP contribution in [0.15, 0.2) is 41.3 Å². The highest BCUT2D eigenvalue weighted by molar-refractivity contribution is 8.27. The number of thioether (sulfide) groups is 1. The quantitative estimate of drug-likeness (QED) is 0.233. The number of nitro groups is 1. The maximum atomic E-state index is 12.9. The molecule has 0 aliphatic carbocycles. The molecule has 1 saturated heterocycles. The second-order valence-corrected chi connectivity index (χ2v) is 8.07. The number of halogens is 1. The molecule has 0 unspecified atom stereocenters. The molecule has 0 spiro atoms. The van der Waals surface area contributed by atoms with Gasteiger partial charge in [0.25, 0.3) is 11.6 Å². The highest BCUT2D eigenvalue weighted by Gasteiger charge is 2.33. The molecule has 3 rings (SSSR count). The number of ether oxygens (including phenoxy) is 2. The highest BCUT2D eigenvalue weighted by Crippen LogP contribution is 2.40. The van der Waals surface area contributed by atoms with Crippen LogP contribution in [0.4, 0.5) is 11.4 Å². The van der Waals surface area contributed by atoms with E-state index < -0.39 is 4.92 Å². The molecule has 2 aromatic carbocycles. The van der Waals surface area contributed by atoms with Gasteiger partial charge < -0.3 is 9.47 Å². The number of nitrogens with zero attached hydrogens (tertiary/aromatic N) is 2. The van der Waals surface area contributed by atoms with Gasteiger partial charge in [0.2, 0.25) is 0 Å². The SMILES string of the molecule is CCOc1cc(/C=C2\SC(=S)N(c3ccc([N+](=O)[O-])cc3)C2=O)cc(Cl)c1OCC. The standard InChI is InChI=1S/C20H17ClN2O5S2/c1-3-27-16-10-12(9-15(21)18(16)28-4-2)11-17-19(24)22(20(29)30-17)13-5-7-14(8-6-13)23(25)26/h5-11H,3-4H2,1-2H3/b17-11-. The van der Waals surface area contributed by atoms with E-state index in [4.69, 9.17) is 33.3 Å². The summed E-state index contributed by atoms with van der Waals surface area (Å²) >= 11 is 12.8. The van der Waals surface area contributed by atoms with Crippen LogP contribution in [0.3, 0.4) is 0 Å². The molecule has 2 aromatic rings. The fourth-order valence-corrected chi connectivity index (χ4v) is 4.36. The summed E-state index contributed by atoms with van der Waals surface area (Å²) in [4.78, 5) is 25.0. The van der Waals surface area contributed by atoms with Gasteiger partial charge in [0.1, 0.15) is 0 Å². The third kappa shape index (κ3) is 4.58. The van der Waals surface area contributed by atoms with Crippen molar-refractivity contribution < 1.29 is 19.2 Å². The molecule has 0 radical (unpaired) electrons. The van der Waals surface area contributed by atoms with Gasteiger partial charge in [-0.1, -0.05) is 35.6 Å². The van der Waals surface area contributed by atoms with Gasteiger partial charge in [-0.15, -0.1) is 0 Å². The number of anilines is 1. The Kier molecular flexibility index (Phi) is 6.96. The Morgan fingerprint density at radius 1 is 1.20 bits per heavy atom. The summed E-state index contributed by atoms with van der Waals surface area (Å²) in [6.07, 6.45) is 1.68. The van der Waals surface area contributed by atoms with Gasteiger partial charge in [-0.3, -0.25) is 19.8 Å². The Bertz CT molecular complexity index is 1040. The summed E-state index contributed by atoms with van der Waals surface area (Å²) in [6, 6.07) is 9.09. The molecule has 7 nitrogen and oxygen atoms in total. The van der Waals surface area contributed by atoms with Gasteiger partial charge in [0, 0.05) is 12.1 Å². The first-order valence-electron chi connectivity index (χ1n) is 8.97. The molecule has 1 fully saturated rings. The Balaban J connectivity index is 1.92. The third-order valence-corrected chi connectivity index (χ3v) is 5.61. The summed E-state index contributed by atoms with van der Waals surface area (Å²) in [5.41, 5.74) is 1.06. The number of amides is 1. The van der Waals surface area contributed by atoms with Crippen molar-refractivity contribution in [3.05, 3.63) is 62.0 Å². The molecule has 0 N–H and O–H groups in total. The van der Waals surface area contributed by atoms with Gasteiger partial charge >= 0.3 is 0 Å². The summed E-state index contributed by atoms with van der Waals surface area (Å²) < 4.78 is 11.5. The zero-order valence-corrected chi connectivity index (χ0v) is 18.5. The summed E-state index contributed by atoms with van der Waals surface area (Å²) in [5, 5.41) is 11.2. The monoisotopic (exact) mass is 464 g/mol. The number of thiocarbonyl (C=S) groups is 1. The number of hydrogen-bond acceptors (Lipinski definition) is 7. The largest absolute Gasteiger partial charge is 0.490 e. The topological polar surface area (TPSA) is 81.9 Å². The van der Waals surface area contributed by atoms with Gasteiger partial charge in [-0.2, -0.15) is 0 Å². The van der Waals surface area contributed by atoms with Crippen molar-refractivity contribution in [1.29, 1.82) is 0 Å². The lowest BCUT2D eigenvalue weighted by molar-refractivity contribution is -0.384. The molecular weight excluding hydrogens is 448 g/mol. The zero-order chi connectivity index (χ0) is 21.8.